The highest BCUT2D eigenvalue weighted by atomic mass is 16.2. The summed E-state index contributed by atoms with van der Waals surface area (Å²) in [4.78, 5) is 40.2. The molecule has 9 heteroatoms. The first-order valence-electron chi connectivity index (χ1n) is 10.5. The quantitative estimate of drug-likeness (QED) is 0.544. The number of hydrogen-bond acceptors (Lipinski definition) is 7. The van der Waals surface area contributed by atoms with Crippen LogP contribution in [0.1, 0.15) is 35.4 Å². The minimum absolute atomic E-state index is 0.0101. The topological polar surface area (TPSA) is 126 Å². The van der Waals surface area contributed by atoms with E-state index in [1.165, 1.54) is 0 Å². The third-order valence-corrected chi connectivity index (χ3v) is 6.04. The van der Waals surface area contributed by atoms with Crippen LogP contribution in [-0.4, -0.2) is 31.8 Å². The van der Waals surface area contributed by atoms with E-state index >= 15 is 0 Å². The van der Waals surface area contributed by atoms with E-state index in [1.807, 2.05) is 55.5 Å². The second-order valence-corrected chi connectivity index (χ2v) is 8.11. The van der Waals surface area contributed by atoms with E-state index in [1.54, 1.807) is 0 Å². The number of nitrogens with two attached hydrogens (primary N) is 1. The fourth-order valence-electron chi connectivity index (χ4n) is 4.49. The molecule has 1 saturated heterocycles. The lowest BCUT2D eigenvalue weighted by Gasteiger charge is -2.33. The summed E-state index contributed by atoms with van der Waals surface area (Å²) in [6.07, 6.45) is 2.27. The van der Waals surface area contributed by atoms with Gasteiger partial charge in [-0.05, 0) is 48.9 Å². The Hall–Kier alpha value is -4.01. The summed E-state index contributed by atoms with van der Waals surface area (Å²) in [6, 6.07) is 15.0. The molecule has 1 fully saturated rings. The Morgan fingerprint density at radius 3 is 2.72 bits per heavy atom. The largest absolute Gasteiger partial charge is 0.368 e. The summed E-state index contributed by atoms with van der Waals surface area (Å²) in [6.45, 7) is 1.87. The fraction of sp³-hybridized carbons (Fsp3) is 0.261. The van der Waals surface area contributed by atoms with Gasteiger partial charge in [0.2, 0.25) is 11.9 Å². The van der Waals surface area contributed by atoms with Crippen LogP contribution in [0.2, 0.25) is 0 Å². The van der Waals surface area contributed by atoms with Crippen molar-refractivity contribution in [2.75, 3.05) is 11.1 Å². The maximum absolute atomic E-state index is 13.5. The van der Waals surface area contributed by atoms with Crippen LogP contribution in [0.25, 0.3) is 0 Å². The number of nitrogen functional groups attached to an aromatic ring is 1. The smallest absolute Gasteiger partial charge is 0.325 e. The van der Waals surface area contributed by atoms with Gasteiger partial charge in [0.25, 0.3) is 5.91 Å². The van der Waals surface area contributed by atoms with Crippen molar-refractivity contribution in [3.8, 4) is 0 Å². The van der Waals surface area contributed by atoms with Gasteiger partial charge in [-0.2, -0.15) is 15.0 Å². The normalized spacial score (nSPS) is 19.7. The Labute approximate surface area is 185 Å². The molecule has 5 rings (SSSR count). The zero-order valence-electron chi connectivity index (χ0n) is 17.6. The first-order valence-corrected chi connectivity index (χ1v) is 10.5. The molecule has 1 aliphatic heterocycles. The fourth-order valence-corrected chi connectivity index (χ4v) is 4.49. The Balaban J connectivity index is 1.43. The third-order valence-electron chi connectivity index (χ3n) is 6.04. The molecule has 9 nitrogen and oxygen atoms in total. The van der Waals surface area contributed by atoms with Crippen molar-refractivity contribution >= 4 is 29.5 Å². The number of carbonyl (C=O) groups is 2. The highest BCUT2D eigenvalue weighted by molar-refractivity contribution is 6.07. The number of fused-ring (bicyclic) bond motifs is 2. The van der Waals surface area contributed by atoms with Crippen LogP contribution in [0.3, 0.4) is 0 Å². The Kier molecular flexibility index (Phi) is 4.73. The van der Waals surface area contributed by atoms with Gasteiger partial charge in [0.15, 0.2) is 5.82 Å². The zero-order chi connectivity index (χ0) is 22.3. The van der Waals surface area contributed by atoms with Crippen molar-refractivity contribution < 1.29 is 9.59 Å². The molecule has 1 aromatic heterocycles. The van der Waals surface area contributed by atoms with Gasteiger partial charge >= 0.3 is 6.03 Å². The summed E-state index contributed by atoms with van der Waals surface area (Å²) in [7, 11) is 0. The Morgan fingerprint density at radius 2 is 1.88 bits per heavy atom. The van der Waals surface area contributed by atoms with Gasteiger partial charge in [0.05, 0.1) is 6.54 Å². The molecule has 1 aliphatic carbocycles. The average molecular weight is 429 g/mol. The summed E-state index contributed by atoms with van der Waals surface area (Å²) in [5, 5.41) is 6.07. The SMILES string of the molecule is Cc1ccccc1Nc1nc(N)nc(CN2C(=O)N[C@@]3(CCCc4ccccc43)C2=O)n1. The molecule has 2 heterocycles. The van der Waals surface area contributed by atoms with Crippen LogP contribution >= 0.6 is 0 Å². The average Bonchev–Trinajstić information content (AvgIpc) is 3.00. The van der Waals surface area contributed by atoms with Gasteiger partial charge in [0.1, 0.15) is 5.54 Å². The second-order valence-electron chi connectivity index (χ2n) is 8.11. The van der Waals surface area contributed by atoms with Crippen LogP contribution in [0.5, 0.6) is 0 Å². The van der Waals surface area contributed by atoms with Crippen LogP contribution in [0.15, 0.2) is 48.5 Å². The van der Waals surface area contributed by atoms with Crippen molar-refractivity contribution in [2.45, 2.75) is 38.3 Å². The van der Waals surface area contributed by atoms with Gasteiger partial charge in [0, 0.05) is 5.69 Å². The Morgan fingerprint density at radius 1 is 1.09 bits per heavy atom. The highest BCUT2D eigenvalue weighted by Gasteiger charge is 2.54. The molecule has 2 aromatic carbocycles. The number of nitrogens with one attached hydrogen (secondary N) is 2. The van der Waals surface area contributed by atoms with Crippen LogP contribution < -0.4 is 16.4 Å². The minimum Gasteiger partial charge on any atom is -0.368 e. The molecule has 0 radical (unpaired) electrons. The lowest BCUT2D eigenvalue weighted by atomic mass is 9.76. The van der Waals surface area contributed by atoms with Gasteiger partial charge in [-0.3, -0.25) is 9.69 Å². The minimum atomic E-state index is -1.03. The van der Waals surface area contributed by atoms with Gasteiger partial charge in [-0.1, -0.05) is 42.5 Å². The molecule has 0 saturated carbocycles. The predicted octanol–water partition coefficient (Wildman–Crippen LogP) is 2.79. The molecule has 3 aromatic rings. The number of para-hydroxylation sites is 1. The van der Waals surface area contributed by atoms with Crippen LogP contribution in [-0.2, 0) is 23.3 Å². The number of hydrogen-bond donors (Lipinski definition) is 3. The van der Waals surface area contributed by atoms with Gasteiger partial charge < -0.3 is 16.4 Å². The number of carbonyl (C=O) groups excluding carboxylic acids is 2. The van der Waals surface area contributed by atoms with E-state index in [4.69, 9.17) is 5.73 Å². The maximum atomic E-state index is 13.5. The molecular formula is C23H23N7O2. The number of amides is 3. The number of aryl methyl sites for hydroxylation is 2. The number of urea groups is 1. The number of imide groups is 1. The summed E-state index contributed by atoms with van der Waals surface area (Å²) < 4.78 is 0. The molecule has 2 aliphatic rings. The van der Waals surface area contributed by atoms with Crippen molar-refractivity contribution in [1.29, 1.82) is 0 Å². The first kappa shape index (κ1) is 19.9. The Bertz CT molecular complexity index is 1230. The molecule has 1 spiro atoms. The molecule has 32 heavy (non-hydrogen) atoms. The summed E-state index contributed by atoms with van der Waals surface area (Å²) in [5.41, 5.74) is 8.65. The van der Waals surface area contributed by atoms with E-state index < -0.39 is 11.6 Å². The zero-order valence-corrected chi connectivity index (χ0v) is 17.6. The van der Waals surface area contributed by atoms with Crippen molar-refractivity contribution in [2.24, 2.45) is 0 Å². The lowest BCUT2D eigenvalue weighted by molar-refractivity contribution is -0.132. The summed E-state index contributed by atoms with van der Waals surface area (Å²) in [5.74, 6) is 0.211. The monoisotopic (exact) mass is 429 g/mol. The highest BCUT2D eigenvalue weighted by Crippen LogP contribution is 2.40. The second kappa shape index (κ2) is 7.60. The number of aromatic nitrogens is 3. The molecular weight excluding hydrogens is 406 g/mol. The lowest BCUT2D eigenvalue weighted by Crippen LogP contribution is -2.46. The van der Waals surface area contributed by atoms with Crippen molar-refractivity contribution in [1.82, 2.24) is 25.2 Å². The molecule has 4 N–H and O–H groups in total. The van der Waals surface area contributed by atoms with E-state index in [2.05, 4.69) is 25.6 Å². The maximum Gasteiger partial charge on any atom is 0.325 e. The standard InChI is InChI=1S/C23H23N7O2/c1-14-7-2-5-11-17(14)25-21-27-18(26-20(24)28-21)13-30-19(31)23(29-22(30)32)12-6-9-15-8-3-4-10-16(15)23/h2-5,7-8,10-11H,6,9,12-13H2,1H3,(H,29,32)(H3,24,25,26,27,28)/t23-/m1/s1. The van der Waals surface area contributed by atoms with Crippen LogP contribution in [0.4, 0.5) is 22.4 Å². The molecule has 0 unspecified atom stereocenters. The number of anilines is 3. The molecule has 3 amide bonds. The summed E-state index contributed by atoms with van der Waals surface area (Å²) >= 11 is 0. The van der Waals surface area contributed by atoms with Crippen molar-refractivity contribution in [3.63, 3.8) is 0 Å². The number of nitrogens with zero attached hydrogens (tertiary/aromatic N) is 4. The molecule has 0 bridgehead atoms. The molecule has 162 valence electrons. The van der Waals surface area contributed by atoms with Gasteiger partial charge in [-0.25, -0.2) is 4.79 Å². The van der Waals surface area contributed by atoms with E-state index in [9.17, 15) is 9.59 Å². The predicted molar refractivity (Wildman–Crippen MR) is 119 cm³/mol. The first-order chi connectivity index (χ1) is 15.5. The van der Waals surface area contributed by atoms with E-state index in [0.717, 1.165) is 40.1 Å². The third kappa shape index (κ3) is 3.31. The molecule has 1 atom stereocenters. The van der Waals surface area contributed by atoms with Crippen molar-refractivity contribution in [3.05, 3.63) is 71.0 Å². The number of benzene rings is 2. The van der Waals surface area contributed by atoms with E-state index in [-0.39, 0.29) is 30.2 Å². The van der Waals surface area contributed by atoms with Gasteiger partial charge in [-0.15, -0.1) is 0 Å². The number of rotatable bonds is 4. The van der Waals surface area contributed by atoms with Crippen LogP contribution in [0, 0.1) is 6.92 Å². The van der Waals surface area contributed by atoms with E-state index in [0.29, 0.717) is 6.42 Å².